The molecule has 0 N–H and O–H groups in total. The molecule has 3 rings (SSSR count). The minimum absolute atomic E-state index is 0.365. The molecule has 0 aliphatic heterocycles. The molecule has 142 valence electrons. The van der Waals surface area contributed by atoms with Crippen molar-refractivity contribution in [3.63, 3.8) is 0 Å². The number of hydrogen-bond acceptors (Lipinski definition) is 4. The number of aromatic nitrogens is 4. The average Bonchev–Trinajstić information content (AvgIpc) is 3.13. The molecule has 0 bridgehead atoms. The first-order valence-electron chi connectivity index (χ1n) is 9.06. The van der Waals surface area contributed by atoms with Gasteiger partial charge < -0.3 is 4.74 Å². The minimum atomic E-state index is -1.11. The zero-order valence-electron chi connectivity index (χ0n) is 16.0. The maximum atomic E-state index is 5.84. The molecule has 0 spiro atoms. The lowest BCUT2D eigenvalue weighted by molar-refractivity contribution is 0.0784. The Balaban J connectivity index is 1.82. The first kappa shape index (κ1) is 19.9. The summed E-state index contributed by atoms with van der Waals surface area (Å²) in [5.74, 6) is 0.725. The highest BCUT2D eigenvalue weighted by Crippen LogP contribution is 2.31. The Hall–Kier alpha value is -1.83. The van der Waals surface area contributed by atoms with E-state index in [-0.39, 0.29) is 0 Å². The monoisotopic (exact) mass is 444 g/mol. The van der Waals surface area contributed by atoms with Crippen LogP contribution < -0.4 is 0 Å². The van der Waals surface area contributed by atoms with Crippen molar-refractivity contribution in [1.29, 1.82) is 0 Å². The van der Waals surface area contributed by atoms with E-state index in [2.05, 4.69) is 87.5 Å². The van der Waals surface area contributed by atoms with Crippen LogP contribution in [0.5, 0.6) is 0 Å². The number of ether oxygens (including phenoxy) is 1. The van der Waals surface area contributed by atoms with Crippen molar-refractivity contribution in [1.82, 2.24) is 20.2 Å². The lowest BCUT2D eigenvalue weighted by Gasteiger charge is -2.15. The molecule has 0 aliphatic carbocycles. The van der Waals surface area contributed by atoms with E-state index >= 15 is 0 Å². The van der Waals surface area contributed by atoms with Crippen LogP contribution in [0.4, 0.5) is 0 Å². The highest BCUT2D eigenvalue weighted by atomic mass is 79.9. The summed E-state index contributed by atoms with van der Waals surface area (Å²) in [6, 6.07) is 17.9. The molecule has 0 saturated heterocycles. The number of tetrazole rings is 1. The third-order valence-electron chi connectivity index (χ3n) is 4.33. The molecule has 0 atom stereocenters. The smallest absolute Gasteiger partial charge is 0.185 e. The molecule has 0 saturated carbocycles. The highest BCUT2D eigenvalue weighted by Gasteiger charge is 2.15. The molecular weight excluding hydrogens is 420 g/mol. The van der Waals surface area contributed by atoms with Crippen molar-refractivity contribution in [3.8, 4) is 22.5 Å². The van der Waals surface area contributed by atoms with Crippen molar-refractivity contribution in [3.05, 3.63) is 54.1 Å². The summed E-state index contributed by atoms with van der Waals surface area (Å²) in [5.41, 5.74) is 4.50. The van der Waals surface area contributed by atoms with Gasteiger partial charge in [-0.2, -0.15) is 4.68 Å². The normalized spacial score (nSPS) is 11.7. The minimum Gasteiger partial charge on any atom is -0.359 e. The van der Waals surface area contributed by atoms with E-state index in [1.165, 1.54) is 5.56 Å². The Labute approximate surface area is 169 Å². The number of rotatable bonds is 8. The van der Waals surface area contributed by atoms with Crippen LogP contribution in [0.25, 0.3) is 22.5 Å². The second kappa shape index (κ2) is 8.90. The van der Waals surface area contributed by atoms with E-state index < -0.39 is 8.07 Å². The fourth-order valence-electron chi connectivity index (χ4n) is 2.72. The van der Waals surface area contributed by atoms with E-state index in [4.69, 9.17) is 4.74 Å². The number of alkyl halides is 1. The Morgan fingerprint density at radius 3 is 2.37 bits per heavy atom. The van der Waals surface area contributed by atoms with Gasteiger partial charge in [-0.15, -0.1) is 5.10 Å². The lowest BCUT2D eigenvalue weighted by Crippen LogP contribution is -2.22. The van der Waals surface area contributed by atoms with Gasteiger partial charge in [0.05, 0.1) is 0 Å². The predicted molar refractivity (Wildman–Crippen MR) is 115 cm³/mol. The molecule has 27 heavy (non-hydrogen) atoms. The summed E-state index contributed by atoms with van der Waals surface area (Å²) in [6.07, 6.45) is 0. The van der Waals surface area contributed by atoms with Crippen LogP contribution in [-0.4, -0.2) is 34.9 Å². The summed E-state index contributed by atoms with van der Waals surface area (Å²) < 4.78 is 7.57. The van der Waals surface area contributed by atoms with Gasteiger partial charge in [0.15, 0.2) is 5.82 Å². The topological polar surface area (TPSA) is 52.8 Å². The fourth-order valence-corrected chi connectivity index (χ4v) is 3.85. The third-order valence-corrected chi connectivity index (χ3v) is 6.68. The van der Waals surface area contributed by atoms with Crippen molar-refractivity contribution in [2.24, 2.45) is 0 Å². The van der Waals surface area contributed by atoms with E-state index in [0.29, 0.717) is 6.73 Å². The van der Waals surface area contributed by atoms with Crippen LogP contribution in [-0.2, 0) is 16.8 Å². The SMILES string of the molecule is C[Si](C)(C)CCOCn1nnnc1-c1ccccc1-c1ccc(CBr)cc1. The first-order valence-corrected chi connectivity index (χ1v) is 13.9. The van der Waals surface area contributed by atoms with Crippen LogP contribution in [0.15, 0.2) is 48.5 Å². The van der Waals surface area contributed by atoms with Gasteiger partial charge in [0.2, 0.25) is 0 Å². The number of hydrogen-bond donors (Lipinski definition) is 0. The summed E-state index contributed by atoms with van der Waals surface area (Å²) in [6.45, 7) is 8.14. The zero-order valence-corrected chi connectivity index (χ0v) is 18.6. The van der Waals surface area contributed by atoms with Gasteiger partial charge in [-0.1, -0.05) is 84.1 Å². The summed E-state index contributed by atoms with van der Waals surface area (Å²) >= 11 is 3.49. The molecule has 1 aromatic heterocycles. The van der Waals surface area contributed by atoms with Gasteiger partial charge >= 0.3 is 0 Å². The molecule has 0 radical (unpaired) electrons. The molecule has 1 heterocycles. The van der Waals surface area contributed by atoms with Gasteiger partial charge in [-0.05, 0) is 33.2 Å². The maximum Gasteiger partial charge on any atom is 0.185 e. The Morgan fingerprint density at radius 1 is 1.00 bits per heavy atom. The number of halogens is 1. The quantitative estimate of drug-likeness (QED) is 0.271. The molecule has 2 aromatic carbocycles. The first-order chi connectivity index (χ1) is 13.0. The van der Waals surface area contributed by atoms with Crippen molar-refractivity contribution in [2.45, 2.75) is 37.7 Å². The molecular formula is C20H25BrN4OSi. The molecule has 0 amide bonds. The van der Waals surface area contributed by atoms with Gasteiger partial charge in [0.1, 0.15) is 6.73 Å². The second-order valence-electron chi connectivity index (χ2n) is 7.73. The van der Waals surface area contributed by atoms with Crippen LogP contribution in [0.1, 0.15) is 5.56 Å². The predicted octanol–water partition coefficient (Wildman–Crippen LogP) is 5.21. The van der Waals surface area contributed by atoms with Gasteiger partial charge in [0, 0.05) is 25.6 Å². The van der Waals surface area contributed by atoms with E-state index in [1.807, 2.05) is 12.1 Å². The van der Waals surface area contributed by atoms with Gasteiger partial charge in [-0.25, -0.2) is 0 Å². The standard InChI is InChI=1S/C20H25BrN4OSi/c1-27(2,3)13-12-26-15-25-20(22-23-24-25)19-7-5-4-6-18(19)17-10-8-16(14-21)9-11-17/h4-11H,12-15H2,1-3H3. The fraction of sp³-hybridized carbons (Fsp3) is 0.350. The van der Waals surface area contributed by atoms with Crippen molar-refractivity contribution >= 4 is 24.0 Å². The van der Waals surface area contributed by atoms with E-state index in [0.717, 1.165) is 40.5 Å². The Kier molecular flexibility index (Phi) is 6.57. The Morgan fingerprint density at radius 2 is 1.70 bits per heavy atom. The van der Waals surface area contributed by atoms with Crippen LogP contribution in [0.3, 0.4) is 0 Å². The van der Waals surface area contributed by atoms with E-state index in [1.54, 1.807) is 4.68 Å². The van der Waals surface area contributed by atoms with Crippen molar-refractivity contribution in [2.75, 3.05) is 6.61 Å². The molecule has 7 heteroatoms. The summed E-state index contributed by atoms with van der Waals surface area (Å²) in [4.78, 5) is 0. The van der Waals surface area contributed by atoms with Crippen LogP contribution in [0.2, 0.25) is 25.7 Å². The molecule has 0 unspecified atom stereocenters. The zero-order chi connectivity index (χ0) is 19.3. The number of benzene rings is 2. The highest BCUT2D eigenvalue weighted by molar-refractivity contribution is 9.08. The average molecular weight is 445 g/mol. The second-order valence-corrected chi connectivity index (χ2v) is 13.9. The largest absolute Gasteiger partial charge is 0.359 e. The number of nitrogens with zero attached hydrogens (tertiary/aromatic N) is 4. The Bertz CT molecular complexity index is 874. The third kappa shape index (κ3) is 5.34. The van der Waals surface area contributed by atoms with Crippen molar-refractivity contribution < 1.29 is 4.74 Å². The van der Waals surface area contributed by atoms with Crippen LogP contribution in [0, 0.1) is 0 Å². The molecule has 0 aliphatic rings. The van der Waals surface area contributed by atoms with Crippen LogP contribution >= 0.6 is 15.9 Å². The summed E-state index contributed by atoms with van der Waals surface area (Å²) in [7, 11) is -1.11. The lowest BCUT2D eigenvalue weighted by atomic mass is 9.98. The van der Waals surface area contributed by atoms with E-state index in [9.17, 15) is 0 Å². The van der Waals surface area contributed by atoms with Gasteiger partial charge in [0.25, 0.3) is 0 Å². The maximum absolute atomic E-state index is 5.84. The summed E-state index contributed by atoms with van der Waals surface area (Å²) in [5, 5.41) is 13.1. The van der Waals surface area contributed by atoms with Gasteiger partial charge in [-0.3, -0.25) is 0 Å². The molecule has 3 aromatic rings. The molecule has 0 fully saturated rings. The molecule has 5 nitrogen and oxygen atoms in total.